The van der Waals surface area contributed by atoms with Crippen molar-refractivity contribution in [3.8, 4) is 0 Å². The van der Waals surface area contributed by atoms with Crippen LogP contribution in [0.5, 0.6) is 0 Å². The third-order valence-electron chi connectivity index (χ3n) is 3.84. The zero-order valence-corrected chi connectivity index (χ0v) is 12.8. The van der Waals surface area contributed by atoms with E-state index in [2.05, 4.69) is 15.5 Å². The number of benzene rings is 1. The largest absolute Gasteiger partial charge is 0.350 e. The zero-order chi connectivity index (χ0) is 16.1. The Kier molecular flexibility index (Phi) is 4.65. The Morgan fingerprint density at radius 1 is 1.04 bits per heavy atom. The van der Waals surface area contributed by atoms with E-state index in [0.29, 0.717) is 12.1 Å². The van der Waals surface area contributed by atoms with Gasteiger partial charge in [-0.1, -0.05) is 12.1 Å². The summed E-state index contributed by atoms with van der Waals surface area (Å²) in [5, 5.41) is 10.6. The molecule has 7 heteroatoms. The average molecular weight is 313 g/mol. The number of carbonyl (C=O) groups excluding carboxylic acids is 2. The van der Waals surface area contributed by atoms with Gasteiger partial charge in [0.15, 0.2) is 0 Å². The van der Waals surface area contributed by atoms with Crippen molar-refractivity contribution in [2.45, 2.75) is 25.9 Å². The Morgan fingerprint density at radius 2 is 1.70 bits per heavy atom. The van der Waals surface area contributed by atoms with Crippen LogP contribution >= 0.6 is 0 Å². The van der Waals surface area contributed by atoms with Crippen LogP contribution in [-0.4, -0.2) is 44.8 Å². The van der Waals surface area contributed by atoms with E-state index >= 15 is 0 Å². The summed E-state index contributed by atoms with van der Waals surface area (Å²) in [7, 11) is 0. The molecule has 0 bridgehead atoms. The standard InChI is InChI=1S/C16H19N5O2/c22-15(12-21-18-7-8-19-21)17-11-13-3-5-14(6-4-13)16(23)20-9-1-2-10-20/h3-8H,1-2,9-12H2,(H,17,22). The minimum Gasteiger partial charge on any atom is -0.350 e. The molecular weight excluding hydrogens is 294 g/mol. The first kappa shape index (κ1) is 15.2. The summed E-state index contributed by atoms with van der Waals surface area (Å²) in [4.78, 5) is 27.2. The monoisotopic (exact) mass is 313 g/mol. The van der Waals surface area contributed by atoms with Gasteiger partial charge in [-0.05, 0) is 30.5 Å². The van der Waals surface area contributed by atoms with E-state index in [9.17, 15) is 9.59 Å². The van der Waals surface area contributed by atoms with Crippen molar-refractivity contribution < 1.29 is 9.59 Å². The van der Waals surface area contributed by atoms with E-state index < -0.39 is 0 Å². The van der Waals surface area contributed by atoms with Crippen molar-refractivity contribution in [2.24, 2.45) is 0 Å². The minimum atomic E-state index is -0.154. The molecular formula is C16H19N5O2. The number of aromatic nitrogens is 3. The highest BCUT2D eigenvalue weighted by Gasteiger charge is 2.19. The average Bonchev–Trinajstić information content (AvgIpc) is 3.26. The van der Waals surface area contributed by atoms with Crippen LogP contribution in [0.1, 0.15) is 28.8 Å². The lowest BCUT2D eigenvalue weighted by atomic mass is 10.1. The Hall–Kier alpha value is -2.70. The van der Waals surface area contributed by atoms with Gasteiger partial charge in [-0.2, -0.15) is 15.0 Å². The Balaban J connectivity index is 1.51. The molecule has 1 aliphatic rings. The van der Waals surface area contributed by atoms with Gasteiger partial charge in [0.25, 0.3) is 5.91 Å². The maximum atomic E-state index is 12.2. The molecule has 2 heterocycles. The minimum absolute atomic E-state index is 0.0860. The van der Waals surface area contributed by atoms with E-state index in [-0.39, 0.29) is 18.4 Å². The van der Waals surface area contributed by atoms with Gasteiger partial charge in [0, 0.05) is 25.2 Å². The van der Waals surface area contributed by atoms with Crippen LogP contribution in [-0.2, 0) is 17.9 Å². The molecule has 23 heavy (non-hydrogen) atoms. The molecule has 1 aliphatic heterocycles. The van der Waals surface area contributed by atoms with Crippen molar-refractivity contribution >= 4 is 11.8 Å². The maximum absolute atomic E-state index is 12.2. The first-order valence-corrected chi connectivity index (χ1v) is 7.71. The molecule has 2 aromatic rings. The molecule has 1 fully saturated rings. The maximum Gasteiger partial charge on any atom is 0.253 e. The van der Waals surface area contributed by atoms with Crippen molar-refractivity contribution in [3.05, 3.63) is 47.8 Å². The number of hydrogen-bond donors (Lipinski definition) is 1. The molecule has 1 saturated heterocycles. The van der Waals surface area contributed by atoms with Crippen LogP contribution in [0.4, 0.5) is 0 Å². The third kappa shape index (κ3) is 3.94. The zero-order valence-electron chi connectivity index (χ0n) is 12.8. The molecule has 0 spiro atoms. The van der Waals surface area contributed by atoms with E-state index in [1.54, 1.807) is 0 Å². The summed E-state index contributed by atoms with van der Waals surface area (Å²) in [5.74, 6) is -0.0683. The molecule has 0 radical (unpaired) electrons. The first-order chi connectivity index (χ1) is 11.2. The Labute approximate surface area is 134 Å². The summed E-state index contributed by atoms with van der Waals surface area (Å²) < 4.78 is 0. The van der Waals surface area contributed by atoms with Crippen LogP contribution in [0.15, 0.2) is 36.7 Å². The molecule has 0 atom stereocenters. The fraction of sp³-hybridized carbons (Fsp3) is 0.375. The number of likely N-dealkylation sites (tertiary alicyclic amines) is 1. The summed E-state index contributed by atoms with van der Waals surface area (Å²) in [6, 6.07) is 7.37. The van der Waals surface area contributed by atoms with Crippen LogP contribution in [0, 0.1) is 0 Å². The smallest absolute Gasteiger partial charge is 0.253 e. The molecule has 0 saturated carbocycles. The third-order valence-corrected chi connectivity index (χ3v) is 3.84. The molecule has 2 amide bonds. The van der Waals surface area contributed by atoms with Gasteiger partial charge in [-0.25, -0.2) is 0 Å². The van der Waals surface area contributed by atoms with Gasteiger partial charge in [-0.15, -0.1) is 0 Å². The number of carbonyl (C=O) groups is 2. The fourth-order valence-corrected chi connectivity index (χ4v) is 2.58. The van der Waals surface area contributed by atoms with Gasteiger partial charge in [0.05, 0.1) is 12.4 Å². The lowest BCUT2D eigenvalue weighted by Crippen LogP contribution is -2.28. The predicted molar refractivity (Wildman–Crippen MR) is 83.4 cm³/mol. The molecule has 1 N–H and O–H groups in total. The van der Waals surface area contributed by atoms with Crippen molar-refractivity contribution in [3.63, 3.8) is 0 Å². The number of nitrogens with one attached hydrogen (secondary N) is 1. The molecule has 7 nitrogen and oxygen atoms in total. The number of amides is 2. The van der Waals surface area contributed by atoms with Gasteiger partial charge in [0.2, 0.25) is 5.91 Å². The SMILES string of the molecule is O=C(Cn1nccn1)NCc1ccc(C(=O)N2CCCC2)cc1. The quantitative estimate of drug-likeness (QED) is 0.886. The van der Waals surface area contributed by atoms with Crippen LogP contribution < -0.4 is 5.32 Å². The van der Waals surface area contributed by atoms with Crippen molar-refractivity contribution in [1.29, 1.82) is 0 Å². The highest BCUT2D eigenvalue weighted by molar-refractivity contribution is 5.94. The predicted octanol–water partition coefficient (Wildman–Crippen LogP) is 0.830. The van der Waals surface area contributed by atoms with Crippen molar-refractivity contribution in [1.82, 2.24) is 25.2 Å². The van der Waals surface area contributed by atoms with Crippen LogP contribution in [0.2, 0.25) is 0 Å². The first-order valence-electron chi connectivity index (χ1n) is 7.71. The van der Waals surface area contributed by atoms with Gasteiger partial charge in [-0.3, -0.25) is 9.59 Å². The Morgan fingerprint density at radius 3 is 2.35 bits per heavy atom. The number of rotatable bonds is 5. The van der Waals surface area contributed by atoms with Crippen LogP contribution in [0.3, 0.4) is 0 Å². The number of hydrogen-bond acceptors (Lipinski definition) is 4. The summed E-state index contributed by atoms with van der Waals surface area (Å²) >= 11 is 0. The van der Waals surface area contributed by atoms with Gasteiger partial charge < -0.3 is 10.2 Å². The second kappa shape index (κ2) is 7.04. The summed E-state index contributed by atoms with van der Waals surface area (Å²) in [5.41, 5.74) is 1.65. The second-order valence-electron chi connectivity index (χ2n) is 5.53. The van der Waals surface area contributed by atoms with E-state index in [1.165, 1.54) is 17.2 Å². The normalized spacial score (nSPS) is 14.0. The fourth-order valence-electron chi connectivity index (χ4n) is 2.58. The molecule has 3 rings (SSSR count). The molecule has 120 valence electrons. The highest BCUT2D eigenvalue weighted by atomic mass is 16.2. The summed E-state index contributed by atoms with van der Waals surface area (Å²) in [6.45, 7) is 2.20. The van der Waals surface area contributed by atoms with Gasteiger partial charge >= 0.3 is 0 Å². The number of nitrogens with zero attached hydrogens (tertiary/aromatic N) is 4. The van der Waals surface area contributed by atoms with Crippen LogP contribution in [0.25, 0.3) is 0 Å². The summed E-state index contributed by atoms with van der Waals surface area (Å²) in [6.07, 6.45) is 5.23. The van der Waals surface area contributed by atoms with Crippen molar-refractivity contribution in [2.75, 3.05) is 13.1 Å². The lowest BCUT2D eigenvalue weighted by Gasteiger charge is -2.15. The van der Waals surface area contributed by atoms with E-state index in [0.717, 1.165) is 31.5 Å². The molecule has 0 unspecified atom stereocenters. The molecule has 0 aliphatic carbocycles. The topological polar surface area (TPSA) is 80.1 Å². The van der Waals surface area contributed by atoms with Gasteiger partial charge in [0.1, 0.15) is 6.54 Å². The van der Waals surface area contributed by atoms with E-state index in [4.69, 9.17) is 0 Å². The second-order valence-corrected chi connectivity index (χ2v) is 5.53. The molecule has 1 aromatic carbocycles. The highest BCUT2D eigenvalue weighted by Crippen LogP contribution is 2.13. The lowest BCUT2D eigenvalue weighted by molar-refractivity contribution is -0.122. The Bertz CT molecular complexity index is 660. The van der Waals surface area contributed by atoms with E-state index in [1.807, 2.05) is 29.2 Å². The molecule has 1 aromatic heterocycles.